The van der Waals surface area contributed by atoms with Crippen LogP contribution < -0.4 is 0 Å². The molecular formula is C9H11NO. The van der Waals surface area contributed by atoms with Crippen molar-refractivity contribution in [2.75, 3.05) is 7.05 Å². The Morgan fingerprint density at radius 1 is 1.82 bits per heavy atom. The van der Waals surface area contributed by atoms with Crippen molar-refractivity contribution in [3.63, 3.8) is 0 Å². The molecule has 1 atom stereocenters. The fraction of sp³-hybridized carbons (Fsp3) is 0.333. The number of allylic oxidation sites excluding steroid dienone is 2. The predicted octanol–water partition coefficient (Wildman–Crippen LogP) is 0.714. The molecule has 1 unspecified atom stereocenters. The van der Waals surface area contributed by atoms with Gasteiger partial charge in [0.15, 0.2) is 0 Å². The molecule has 0 aromatic rings. The van der Waals surface area contributed by atoms with Crippen LogP contribution in [0.4, 0.5) is 0 Å². The summed E-state index contributed by atoms with van der Waals surface area (Å²) in [5.74, 6) is 2.54. The van der Waals surface area contributed by atoms with Crippen molar-refractivity contribution in [2.45, 2.75) is 12.6 Å². The summed E-state index contributed by atoms with van der Waals surface area (Å²) in [7, 11) is 1.81. The van der Waals surface area contributed by atoms with E-state index in [0.29, 0.717) is 6.42 Å². The third-order valence-electron chi connectivity index (χ3n) is 1.58. The number of aliphatic hydroxyl groups is 1. The summed E-state index contributed by atoms with van der Waals surface area (Å²) >= 11 is 0. The normalized spacial score (nSPS) is 22.8. The first kappa shape index (κ1) is 7.90. The van der Waals surface area contributed by atoms with E-state index in [1.165, 1.54) is 0 Å². The third kappa shape index (κ3) is 1.86. The van der Waals surface area contributed by atoms with Gasteiger partial charge in [0.2, 0.25) is 0 Å². The molecule has 0 spiro atoms. The van der Waals surface area contributed by atoms with E-state index < -0.39 is 6.23 Å². The highest BCUT2D eigenvalue weighted by molar-refractivity contribution is 5.26. The Kier molecular flexibility index (Phi) is 2.35. The number of likely N-dealkylation sites (N-methyl/N-ethyl adjacent to an activating group) is 1. The fourth-order valence-corrected chi connectivity index (χ4v) is 0.949. The first-order chi connectivity index (χ1) is 5.24. The molecule has 2 nitrogen and oxygen atoms in total. The van der Waals surface area contributed by atoms with Crippen molar-refractivity contribution < 1.29 is 5.11 Å². The molecule has 0 amide bonds. The predicted molar refractivity (Wildman–Crippen MR) is 44.4 cm³/mol. The highest BCUT2D eigenvalue weighted by atomic mass is 16.3. The Bertz CT molecular complexity index is 234. The van der Waals surface area contributed by atoms with Crippen LogP contribution in [0.1, 0.15) is 6.42 Å². The number of nitrogens with zero attached hydrogens (tertiary/aromatic N) is 1. The molecule has 0 aromatic heterocycles. The molecule has 1 N–H and O–H groups in total. The summed E-state index contributed by atoms with van der Waals surface area (Å²) in [6, 6.07) is 0. The zero-order valence-electron chi connectivity index (χ0n) is 6.49. The largest absolute Gasteiger partial charge is 0.370 e. The van der Waals surface area contributed by atoms with Gasteiger partial charge in [-0.3, -0.25) is 0 Å². The molecule has 0 aromatic carbocycles. The van der Waals surface area contributed by atoms with Crippen LogP contribution >= 0.6 is 0 Å². The minimum absolute atomic E-state index is 0.503. The zero-order valence-corrected chi connectivity index (χ0v) is 6.49. The van der Waals surface area contributed by atoms with Crippen molar-refractivity contribution in [2.24, 2.45) is 0 Å². The Balaban J connectivity index is 2.66. The second-order valence-electron chi connectivity index (χ2n) is 2.52. The van der Waals surface area contributed by atoms with Crippen molar-refractivity contribution in [3.8, 4) is 12.3 Å². The van der Waals surface area contributed by atoms with Crippen LogP contribution in [-0.4, -0.2) is 23.3 Å². The molecule has 0 saturated heterocycles. The van der Waals surface area contributed by atoms with Crippen LogP contribution in [0.25, 0.3) is 0 Å². The molecule has 0 aliphatic carbocycles. The van der Waals surface area contributed by atoms with E-state index in [-0.39, 0.29) is 0 Å². The van der Waals surface area contributed by atoms with E-state index in [0.717, 1.165) is 5.57 Å². The molecule has 58 valence electrons. The van der Waals surface area contributed by atoms with Gasteiger partial charge in [0, 0.05) is 19.7 Å². The first-order valence-electron chi connectivity index (χ1n) is 3.46. The summed E-state index contributed by atoms with van der Waals surface area (Å²) in [5, 5.41) is 9.21. The second-order valence-corrected chi connectivity index (χ2v) is 2.52. The fourth-order valence-electron chi connectivity index (χ4n) is 0.949. The third-order valence-corrected chi connectivity index (χ3v) is 1.58. The molecule has 1 aliphatic heterocycles. The van der Waals surface area contributed by atoms with Crippen molar-refractivity contribution in [3.05, 3.63) is 23.9 Å². The molecule has 1 heterocycles. The van der Waals surface area contributed by atoms with Crippen LogP contribution in [0.3, 0.4) is 0 Å². The van der Waals surface area contributed by atoms with E-state index in [2.05, 4.69) is 5.92 Å². The summed E-state index contributed by atoms with van der Waals surface area (Å²) < 4.78 is 0. The minimum atomic E-state index is -0.503. The maximum atomic E-state index is 9.21. The van der Waals surface area contributed by atoms with Gasteiger partial charge in [0.05, 0.1) is 0 Å². The SMILES string of the molecule is C#CCC1=CN(C)C(O)C=C1. The average molecular weight is 149 g/mol. The van der Waals surface area contributed by atoms with Gasteiger partial charge >= 0.3 is 0 Å². The van der Waals surface area contributed by atoms with Crippen LogP contribution in [0.5, 0.6) is 0 Å². The van der Waals surface area contributed by atoms with E-state index in [4.69, 9.17) is 6.42 Å². The molecular weight excluding hydrogens is 138 g/mol. The lowest BCUT2D eigenvalue weighted by atomic mass is 10.1. The standard InChI is InChI=1S/C9H11NO/c1-3-4-8-5-6-9(11)10(2)7-8/h1,5-7,9,11H,4H2,2H3. The summed E-state index contributed by atoms with van der Waals surface area (Å²) in [6.07, 6.45) is 10.7. The Morgan fingerprint density at radius 2 is 2.55 bits per heavy atom. The van der Waals surface area contributed by atoms with Gasteiger partial charge in [0.1, 0.15) is 6.23 Å². The lowest BCUT2D eigenvalue weighted by molar-refractivity contribution is 0.0962. The van der Waals surface area contributed by atoms with Crippen molar-refractivity contribution in [1.82, 2.24) is 4.90 Å². The molecule has 11 heavy (non-hydrogen) atoms. The Hall–Kier alpha value is -1.20. The highest BCUT2D eigenvalue weighted by Crippen LogP contribution is 2.11. The lowest BCUT2D eigenvalue weighted by Crippen LogP contribution is -2.26. The molecule has 0 radical (unpaired) electrons. The number of aliphatic hydroxyl groups excluding tert-OH is 1. The molecule has 2 heteroatoms. The first-order valence-corrected chi connectivity index (χ1v) is 3.46. The van der Waals surface area contributed by atoms with Gasteiger partial charge in [-0.15, -0.1) is 12.3 Å². The van der Waals surface area contributed by atoms with Crippen LogP contribution in [0.2, 0.25) is 0 Å². The molecule has 1 rings (SSSR count). The van der Waals surface area contributed by atoms with Gasteiger partial charge in [-0.25, -0.2) is 0 Å². The summed E-state index contributed by atoms with van der Waals surface area (Å²) in [4.78, 5) is 1.71. The second kappa shape index (κ2) is 3.27. The smallest absolute Gasteiger partial charge is 0.145 e. The Morgan fingerprint density at radius 3 is 3.09 bits per heavy atom. The van der Waals surface area contributed by atoms with Gasteiger partial charge in [0.25, 0.3) is 0 Å². The van der Waals surface area contributed by atoms with Gasteiger partial charge in [-0.1, -0.05) is 6.08 Å². The van der Waals surface area contributed by atoms with E-state index >= 15 is 0 Å². The minimum Gasteiger partial charge on any atom is -0.370 e. The van der Waals surface area contributed by atoms with E-state index in [1.54, 1.807) is 11.0 Å². The van der Waals surface area contributed by atoms with Crippen LogP contribution in [0, 0.1) is 12.3 Å². The maximum Gasteiger partial charge on any atom is 0.145 e. The maximum absolute atomic E-state index is 9.21. The topological polar surface area (TPSA) is 23.5 Å². The number of hydrogen-bond acceptors (Lipinski definition) is 2. The number of rotatable bonds is 1. The molecule has 0 bridgehead atoms. The molecule has 1 aliphatic rings. The van der Waals surface area contributed by atoms with E-state index in [9.17, 15) is 5.11 Å². The quantitative estimate of drug-likeness (QED) is 0.555. The Labute approximate surface area is 66.8 Å². The monoisotopic (exact) mass is 149 g/mol. The number of terminal acetylenes is 1. The zero-order chi connectivity index (χ0) is 8.27. The van der Waals surface area contributed by atoms with Crippen LogP contribution in [0.15, 0.2) is 23.9 Å². The number of hydrogen-bond donors (Lipinski definition) is 1. The van der Waals surface area contributed by atoms with Gasteiger partial charge in [-0.2, -0.15) is 0 Å². The molecule has 0 saturated carbocycles. The van der Waals surface area contributed by atoms with Crippen LogP contribution in [-0.2, 0) is 0 Å². The lowest BCUT2D eigenvalue weighted by Gasteiger charge is -2.23. The van der Waals surface area contributed by atoms with Gasteiger partial charge in [-0.05, 0) is 11.6 Å². The molecule has 0 fully saturated rings. The van der Waals surface area contributed by atoms with Gasteiger partial charge < -0.3 is 10.0 Å². The average Bonchev–Trinajstić information content (AvgIpc) is 1.98. The van der Waals surface area contributed by atoms with Crippen molar-refractivity contribution in [1.29, 1.82) is 0 Å². The summed E-state index contributed by atoms with van der Waals surface area (Å²) in [5.41, 5.74) is 1.06. The highest BCUT2D eigenvalue weighted by Gasteiger charge is 2.08. The summed E-state index contributed by atoms with van der Waals surface area (Å²) in [6.45, 7) is 0. The van der Waals surface area contributed by atoms with E-state index in [1.807, 2.05) is 19.3 Å². The van der Waals surface area contributed by atoms with Crippen molar-refractivity contribution >= 4 is 0 Å².